The molecule has 80 valence electrons. The topological polar surface area (TPSA) is 81.3 Å². The van der Waals surface area contributed by atoms with E-state index in [4.69, 9.17) is 17.2 Å². The molecule has 0 saturated heterocycles. The maximum Gasteiger partial charge on any atom is 0.127 e. The summed E-state index contributed by atoms with van der Waals surface area (Å²) < 4.78 is 0. The fourth-order valence-electron chi connectivity index (χ4n) is 1.14. The highest BCUT2D eigenvalue weighted by Crippen LogP contribution is 2.17. The van der Waals surface area contributed by atoms with Gasteiger partial charge >= 0.3 is 0 Å². The number of anilines is 2. The SMILES string of the molecule is C=C/C(N)=C(/N)N(C)c1ccc(N)cc1. The summed E-state index contributed by atoms with van der Waals surface area (Å²) in [5.41, 5.74) is 19.2. The van der Waals surface area contributed by atoms with Gasteiger partial charge in [-0.15, -0.1) is 0 Å². The molecule has 0 heterocycles. The quantitative estimate of drug-likeness (QED) is 0.506. The van der Waals surface area contributed by atoms with Crippen LogP contribution in [-0.4, -0.2) is 7.05 Å². The second-order valence-electron chi connectivity index (χ2n) is 3.20. The molecule has 1 aromatic carbocycles. The minimum absolute atomic E-state index is 0.453. The normalized spacial score (nSPS) is 11.8. The van der Waals surface area contributed by atoms with E-state index in [0.29, 0.717) is 17.2 Å². The first kappa shape index (κ1) is 11.0. The van der Waals surface area contributed by atoms with E-state index in [2.05, 4.69) is 6.58 Å². The smallest absolute Gasteiger partial charge is 0.127 e. The third-order valence-electron chi connectivity index (χ3n) is 2.16. The lowest BCUT2D eigenvalue weighted by atomic mass is 10.2. The highest BCUT2D eigenvalue weighted by atomic mass is 15.2. The molecule has 4 nitrogen and oxygen atoms in total. The summed E-state index contributed by atoms with van der Waals surface area (Å²) >= 11 is 0. The molecule has 0 atom stereocenters. The van der Waals surface area contributed by atoms with Crippen LogP contribution in [0.5, 0.6) is 0 Å². The molecule has 0 aliphatic carbocycles. The number of nitrogen functional groups attached to an aromatic ring is 1. The highest BCUT2D eigenvalue weighted by Gasteiger charge is 2.05. The van der Waals surface area contributed by atoms with Gasteiger partial charge in [-0.3, -0.25) is 0 Å². The third kappa shape index (κ3) is 2.43. The summed E-state index contributed by atoms with van der Waals surface area (Å²) in [6.45, 7) is 3.56. The van der Waals surface area contributed by atoms with Crippen molar-refractivity contribution in [2.45, 2.75) is 0 Å². The molecule has 0 aromatic heterocycles. The molecule has 0 unspecified atom stereocenters. The van der Waals surface area contributed by atoms with E-state index < -0.39 is 0 Å². The van der Waals surface area contributed by atoms with Crippen LogP contribution in [0.3, 0.4) is 0 Å². The molecule has 0 spiro atoms. The molecule has 1 aromatic rings. The van der Waals surface area contributed by atoms with Crippen molar-refractivity contribution in [1.82, 2.24) is 0 Å². The van der Waals surface area contributed by atoms with Gasteiger partial charge < -0.3 is 22.1 Å². The van der Waals surface area contributed by atoms with Gasteiger partial charge in [0.15, 0.2) is 0 Å². The van der Waals surface area contributed by atoms with E-state index in [9.17, 15) is 0 Å². The first-order valence-corrected chi connectivity index (χ1v) is 4.53. The Morgan fingerprint density at radius 1 is 1.27 bits per heavy atom. The van der Waals surface area contributed by atoms with Crippen LogP contribution in [0, 0.1) is 0 Å². The van der Waals surface area contributed by atoms with E-state index in [1.807, 2.05) is 31.3 Å². The molecular formula is C11H16N4. The first-order chi connectivity index (χ1) is 7.06. The Labute approximate surface area is 89.7 Å². The summed E-state index contributed by atoms with van der Waals surface area (Å²) in [4.78, 5) is 1.77. The monoisotopic (exact) mass is 204 g/mol. The Kier molecular flexibility index (Phi) is 3.23. The van der Waals surface area contributed by atoms with E-state index >= 15 is 0 Å². The largest absolute Gasteiger partial charge is 0.399 e. The molecule has 0 bridgehead atoms. The van der Waals surface area contributed by atoms with Crippen molar-refractivity contribution in [2.24, 2.45) is 11.5 Å². The van der Waals surface area contributed by atoms with Gasteiger partial charge in [-0.05, 0) is 30.3 Å². The Balaban J connectivity index is 2.99. The summed E-state index contributed by atoms with van der Waals surface area (Å²) in [5.74, 6) is 0.467. The van der Waals surface area contributed by atoms with Gasteiger partial charge in [0.05, 0.1) is 5.70 Å². The number of benzene rings is 1. The van der Waals surface area contributed by atoms with Gasteiger partial charge in [0.2, 0.25) is 0 Å². The molecule has 0 aliphatic rings. The van der Waals surface area contributed by atoms with Gasteiger partial charge in [0.1, 0.15) is 5.82 Å². The van der Waals surface area contributed by atoms with Crippen molar-refractivity contribution in [3.63, 3.8) is 0 Å². The zero-order valence-electron chi connectivity index (χ0n) is 8.77. The van der Waals surface area contributed by atoms with E-state index in [0.717, 1.165) is 5.69 Å². The van der Waals surface area contributed by atoms with Gasteiger partial charge in [-0.1, -0.05) is 6.58 Å². The summed E-state index contributed by atoms with van der Waals surface area (Å²) in [5, 5.41) is 0. The van der Waals surface area contributed by atoms with Crippen LogP contribution in [0.25, 0.3) is 0 Å². The zero-order valence-corrected chi connectivity index (χ0v) is 8.77. The Hall–Kier alpha value is -2.10. The molecule has 0 radical (unpaired) electrons. The number of rotatable bonds is 3. The average molecular weight is 204 g/mol. The van der Waals surface area contributed by atoms with Crippen molar-refractivity contribution in [3.8, 4) is 0 Å². The number of nitrogens with zero attached hydrogens (tertiary/aromatic N) is 1. The summed E-state index contributed by atoms with van der Waals surface area (Å²) in [6.07, 6.45) is 1.52. The van der Waals surface area contributed by atoms with Crippen molar-refractivity contribution in [1.29, 1.82) is 0 Å². The second-order valence-corrected chi connectivity index (χ2v) is 3.20. The molecule has 0 aliphatic heterocycles. The lowest BCUT2D eigenvalue weighted by molar-refractivity contribution is 1.03. The molecule has 0 fully saturated rings. The Morgan fingerprint density at radius 3 is 2.27 bits per heavy atom. The maximum atomic E-state index is 5.82. The number of hydrogen-bond acceptors (Lipinski definition) is 4. The van der Waals surface area contributed by atoms with Crippen molar-refractivity contribution in [2.75, 3.05) is 17.7 Å². The third-order valence-corrected chi connectivity index (χ3v) is 2.16. The minimum atomic E-state index is 0.453. The van der Waals surface area contributed by atoms with Gasteiger partial charge in [0, 0.05) is 18.4 Å². The van der Waals surface area contributed by atoms with E-state index in [-0.39, 0.29) is 0 Å². The average Bonchev–Trinajstić information content (AvgIpc) is 2.27. The van der Waals surface area contributed by atoms with E-state index in [1.165, 1.54) is 6.08 Å². The van der Waals surface area contributed by atoms with Crippen molar-refractivity contribution in [3.05, 3.63) is 48.4 Å². The molecule has 0 saturated carbocycles. The minimum Gasteiger partial charge on any atom is -0.399 e. The van der Waals surface area contributed by atoms with Crippen LogP contribution in [0.4, 0.5) is 11.4 Å². The van der Waals surface area contributed by atoms with Gasteiger partial charge in [-0.2, -0.15) is 0 Å². The van der Waals surface area contributed by atoms with Crippen molar-refractivity contribution >= 4 is 11.4 Å². The van der Waals surface area contributed by atoms with Crippen LogP contribution in [0.15, 0.2) is 48.4 Å². The second kappa shape index (κ2) is 4.41. The molecule has 6 N–H and O–H groups in total. The number of nitrogens with two attached hydrogens (primary N) is 3. The first-order valence-electron chi connectivity index (χ1n) is 4.53. The lowest BCUT2D eigenvalue weighted by Crippen LogP contribution is -2.26. The zero-order chi connectivity index (χ0) is 11.4. The molecule has 0 amide bonds. The van der Waals surface area contributed by atoms with E-state index in [1.54, 1.807) is 4.90 Å². The van der Waals surface area contributed by atoms with Crippen LogP contribution >= 0.6 is 0 Å². The van der Waals surface area contributed by atoms with Crippen LogP contribution < -0.4 is 22.1 Å². The van der Waals surface area contributed by atoms with Gasteiger partial charge in [-0.25, -0.2) is 0 Å². The lowest BCUT2D eigenvalue weighted by Gasteiger charge is -2.20. The molecule has 4 heteroatoms. The predicted octanol–water partition coefficient (Wildman–Crippen LogP) is 0.978. The van der Waals surface area contributed by atoms with Crippen LogP contribution in [-0.2, 0) is 0 Å². The number of hydrogen-bond donors (Lipinski definition) is 3. The fraction of sp³-hybridized carbons (Fsp3) is 0.0909. The number of allylic oxidation sites excluding steroid dienone is 1. The van der Waals surface area contributed by atoms with Gasteiger partial charge in [0.25, 0.3) is 0 Å². The van der Waals surface area contributed by atoms with Crippen molar-refractivity contribution < 1.29 is 0 Å². The Morgan fingerprint density at radius 2 is 1.80 bits per heavy atom. The highest BCUT2D eigenvalue weighted by molar-refractivity contribution is 5.56. The summed E-state index contributed by atoms with van der Waals surface area (Å²) in [6, 6.07) is 7.36. The predicted molar refractivity (Wildman–Crippen MR) is 64.9 cm³/mol. The maximum absolute atomic E-state index is 5.82. The van der Waals surface area contributed by atoms with Crippen LogP contribution in [0.2, 0.25) is 0 Å². The molecule has 15 heavy (non-hydrogen) atoms. The van der Waals surface area contributed by atoms with Crippen LogP contribution in [0.1, 0.15) is 0 Å². The molecular weight excluding hydrogens is 188 g/mol. The summed E-state index contributed by atoms with van der Waals surface area (Å²) in [7, 11) is 1.83. The standard InChI is InChI=1S/C11H16N4/c1-3-10(13)11(14)15(2)9-6-4-8(12)5-7-9/h3-7H,1,12-14H2,2H3/b11-10+. The fourth-order valence-corrected chi connectivity index (χ4v) is 1.14. The molecule has 1 rings (SSSR count). The Bertz CT molecular complexity index is 378.